The van der Waals surface area contributed by atoms with Crippen LogP contribution in [0.15, 0.2) is 17.0 Å². The molecule has 1 aliphatic carbocycles. The van der Waals surface area contributed by atoms with Crippen molar-refractivity contribution in [2.45, 2.75) is 56.1 Å². The van der Waals surface area contributed by atoms with E-state index in [4.69, 9.17) is 9.47 Å². The van der Waals surface area contributed by atoms with Gasteiger partial charge in [-0.05, 0) is 44.7 Å². The minimum Gasteiger partial charge on any atom is -0.493 e. The van der Waals surface area contributed by atoms with Crippen molar-refractivity contribution >= 4 is 10.0 Å². The zero-order valence-corrected chi connectivity index (χ0v) is 15.5. The van der Waals surface area contributed by atoms with Crippen LogP contribution in [0, 0.1) is 6.92 Å². The largest absolute Gasteiger partial charge is 0.493 e. The fourth-order valence-corrected chi connectivity index (χ4v) is 5.07. The lowest BCUT2D eigenvalue weighted by Crippen LogP contribution is -2.37. The Hall–Kier alpha value is -1.31. The summed E-state index contributed by atoms with van der Waals surface area (Å²) in [5.74, 6) is 0.950. The molecule has 1 saturated heterocycles. The van der Waals surface area contributed by atoms with Crippen LogP contribution in [-0.4, -0.2) is 52.2 Å². The average Bonchev–Trinajstić information content (AvgIpc) is 3.30. The highest BCUT2D eigenvalue weighted by molar-refractivity contribution is 7.89. The van der Waals surface area contributed by atoms with Crippen molar-refractivity contribution in [3.05, 3.63) is 17.7 Å². The van der Waals surface area contributed by atoms with E-state index in [0.29, 0.717) is 29.1 Å². The van der Waals surface area contributed by atoms with E-state index in [0.717, 1.165) is 13.0 Å². The number of aryl methyl sites for hydroxylation is 1. The standard InChI is InChI=1S/C17H26N2O4S/c1-11-7-15(22-3)16(23-4)9-17(11)24(20,21)18-13-8-12(2)19(10-13)14-5-6-14/h7,9,12-14,18H,5-6,8,10H2,1-4H3/t12-,13-/m0/s1. The Balaban J connectivity index is 1.80. The SMILES string of the molecule is COc1cc(C)c(S(=O)(=O)N[C@H]2C[C@H](C)N(C3CC3)C2)cc1OC. The van der Waals surface area contributed by atoms with E-state index in [1.165, 1.54) is 33.1 Å². The van der Waals surface area contributed by atoms with Gasteiger partial charge in [0.1, 0.15) is 0 Å². The molecule has 24 heavy (non-hydrogen) atoms. The third-order valence-electron chi connectivity index (χ3n) is 4.93. The smallest absolute Gasteiger partial charge is 0.241 e. The number of benzene rings is 1. The zero-order chi connectivity index (χ0) is 17.5. The van der Waals surface area contributed by atoms with Crippen molar-refractivity contribution < 1.29 is 17.9 Å². The van der Waals surface area contributed by atoms with Crippen molar-refractivity contribution in [3.8, 4) is 11.5 Å². The summed E-state index contributed by atoms with van der Waals surface area (Å²) in [6.07, 6.45) is 3.32. The van der Waals surface area contributed by atoms with Gasteiger partial charge in [-0.15, -0.1) is 0 Å². The highest BCUT2D eigenvalue weighted by atomic mass is 32.2. The first-order valence-corrected chi connectivity index (χ1v) is 9.84. The summed E-state index contributed by atoms with van der Waals surface area (Å²) in [7, 11) is -0.555. The zero-order valence-electron chi connectivity index (χ0n) is 14.7. The molecule has 1 aromatic carbocycles. The number of nitrogens with zero attached hydrogens (tertiary/aromatic N) is 1. The second kappa shape index (κ2) is 6.54. The summed E-state index contributed by atoms with van der Waals surface area (Å²) < 4.78 is 39.1. The topological polar surface area (TPSA) is 67.9 Å². The van der Waals surface area contributed by atoms with Crippen LogP contribution in [0.2, 0.25) is 0 Å². The molecular weight excluding hydrogens is 328 g/mol. The van der Waals surface area contributed by atoms with E-state index in [9.17, 15) is 8.42 Å². The van der Waals surface area contributed by atoms with Gasteiger partial charge in [0.25, 0.3) is 0 Å². The van der Waals surface area contributed by atoms with E-state index in [1.807, 2.05) is 0 Å². The lowest BCUT2D eigenvalue weighted by atomic mass is 10.2. The summed E-state index contributed by atoms with van der Waals surface area (Å²) >= 11 is 0. The minimum absolute atomic E-state index is 0.0434. The first-order valence-electron chi connectivity index (χ1n) is 8.36. The van der Waals surface area contributed by atoms with Gasteiger partial charge in [-0.2, -0.15) is 0 Å². The van der Waals surface area contributed by atoms with E-state index in [1.54, 1.807) is 13.0 Å². The third-order valence-corrected chi connectivity index (χ3v) is 6.59. The van der Waals surface area contributed by atoms with Crippen LogP contribution in [-0.2, 0) is 10.0 Å². The molecule has 7 heteroatoms. The minimum atomic E-state index is -3.60. The summed E-state index contributed by atoms with van der Waals surface area (Å²) in [6, 6.07) is 4.27. The second-order valence-corrected chi connectivity index (χ2v) is 8.49. The van der Waals surface area contributed by atoms with Crippen molar-refractivity contribution in [1.29, 1.82) is 0 Å². The van der Waals surface area contributed by atoms with Gasteiger partial charge in [0, 0.05) is 30.7 Å². The molecule has 134 valence electrons. The van der Waals surface area contributed by atoms with E-state index in [2.05, 4.69) is 16.5 Å². The van der Waals surface area contributed by atoms with Crippen LogP contribution in [0.1, 0.15) is 31.7 Å². The molecule has 2 aliphatic rings. The number of nitrogens with one attached hydrogen (secondary N) is 1. The molecule has 1 aromatic rings. The summed E-state index contributed by atoms with van der Waals surface area (Å²) in [5.41, 5.74) is 0.644. The number of methoxy groups -OCH3 is 2. The average molecular weight is 354 g/mol. The lowest BCUT2D eigenvalue weighted by molar-refractivity contribution is 0.256. The third kappa shape index (κ3) is 3.38. The van der Waals surface area contributed by atoms with Gasteiger partial charge in [0.15, 0.2) is 11.5 Å². The van der Waals surface area contributed by atoms with E-state index < -0.39 is 10.0 Å². The number of sulfonamides is 1. The molecule has 2 fully saturated rings. The Morgan fingerprint density at radius 2 is 1.79 bits per heavy atom. The molecule has 1 aliphatic heterocycles. The molecular formula is C17H26N2O4S. The fourth-order valence-electron chi connectivity index (χ4n) is 3.59. The second-order valence-electron chi connectivity index (χ2n) is 6.80. The number of rotatable bonds is 6. The maximum absolute atomic E-state index is 12.8. The normalized spacial score (nSPS) is 25.0. The van der Waals surface area contributed by atoms with Crippen molar-refractivity contribution in [2.24, 2.45) is 0 Å². The maximum Gasteiger partial charge on any atom is 0.241 e. The highest BCUT2D eigenvalue weighted by Gasteiger charge is 2.40. The lowest BCUT2D eigenvalue weighted by Gasteiger charge is -2.20. The summed E-state index contributed by atoms with van der Waals surface area (Å²) in [6.45, 7) is 4.73. The van der Waals surface area contributed by atoms with Crippen LogP contribution in [0.25, 0.3) is 0 Å². The highest BCUT2D eigenvalue weighted by Crippen LogP contribution is 2.35. The van der Waals surface area contributed by atoms with Crippen molar-refractivity contribution in [2.75, 3.05) is 20.8 Å². The van der Waals surface area contributed by atoms with Crippen LogP contribution in [0.5, 0.6) is 11.5 Å². The number of hydrogen-bond acceptors (Lipinski definition) is 5. The fraction of sp³-hybridized carbons (Fsp3) is 0.647. The summed E-state index contributed by atoms with van der Waals surface area (Å²) in [4.78, 5) is 2.67. The predicted octanol–water partition coefficient (Wildman–Crippen LogP) is 1.92. The number of likely N-dealkylation sites (tertiary alicyclic amines) is 1. The molecule has 0 aromatic heterocycles. The molecule has 0 spiro atoms. The maximum atomic E-state index is 12.8. The molecule has 0 unspecified atom stereocenters. The van der Waals surface area contributed by atoms with Gasteiger partial charge < -0.3 is 9.47 Å². The molecule has 0 bridgehead atoms. The van der Waals surface area contributed by atoms with Gasteiger partial charge in [0.05, 0.1) is 19.1 Å². The van der Waals surface area contributed by atoms with Gasteiger partial charge in [-0.25, -0.2) is 13.1 Å². The van der Waals surface area contributed by atoms with Gasteiger partial charge in [-0.1, -0.05) is 0 Å². The van der Waals surface area contributed by atoms with Crippen molar-refractivity contribution in [1.82, 2.24) is 9.62 Å². The Bertz CT molecular complexity index is 716. The van der Waals surface area contributed by atoms with Crippen molar-refractivity contribution in [3.63, 3.8) is 0 Å². The van der Waals surface area contributed by atoms with Gasteiger partial charge in [-0.3, -0.25) is 4.90 Å². The Kier molecular flexibility index (Phi) is 4.77. The number of hydrogen-bond donors (Lipinski definition) is 1. The van der Waals surface area contributed by atoms with Gasteiger partial charge >= 0.3 is 0 Å². The molecule has 2 atom stereocenters. The Morgan fingerprint density at radius 3 is 2.38 bits per heavy atom. The number of ether oxygens (including phenoxy) is 2. The predicted molar refractivity (Wildman–Crippen MR) is 92.2 cm³/mol. The monoisotopic (exact) mass is 354 g/mol. The van der Waals surface area contributed by atoms with Crippen LogP contribution in [0.3, 0.4) is 0 Å². The summed E-state index contributed by atoms with van der Waals surface area (Å²) in [5, 5.41) is 0. The quantitative estimate of drug-likeness (QED) is 0.845. The Morgan fingerprint density at radius 1 is 1.17 bits per heavy atom. The molecule has 0 radical (unpaired) electrons. The van der Waals surface area contributed by atoms with Crippen LogP contribution >= 0.6 is 0 Å². The van der Waals surface area contributed by atoms with Crippen LogP contribution in [0.4, 0.5) is 0 Å². The Labute approximate surface area is 144 Å². The first-order chi connectivity index (χ1) is 11.4. The van der Waals surface area contributed by atoms with E-state index in [-0.39, 0.29) is 10.9 Å². The molecule has 6 nitrogen and oxygen atoms in total. The molecule has 0 amide bonds. The van der Waals surface area contributed by atoms with Gasteiger partial charge in [0.2, 0.25) is 10.0 Å². The molecule has 1 saturated carbocycles. The first kappa shape index (κ1) is 17.5. The molecule has 3 rings (SSSR count). The van der Waals surface area contributed by atoms with Crippen LogP contribution < -0.4 is 14.2 Å². The molecule has 1 N–H and O–H groups in total. The van der Waals surface area contributed by atoms with E-state index >= 15 is 0 Å². The molecule has 1 heterocycles.